The SMILES string of the molecule is COCCN(CCO)c1nnc(C)c(C)c1CN. The van der Waals surface area contributed by atoms with Gasteiger partial charge >= 0.3 is 0 Å². The minimum Gasteiger partial charge on any atom is -0.395 e. The van der Waals surface area contributed by atoms with Gasteiger partial charge in [0.2, 0.25) is 0 Å². The first-order valence-corrected chi connectivity index (χ1v) is 6.03. The summed E-state index contributed by atoms with van der Waals surface area (Å²) in [6.07, 6.45) is 0. The van der Waals surface area contributed by atoms with Gasteiger partial charge in [0.15, 0.2) is 5.82 Å². The van der Waals surface area contributed by atoms with E-state index in [1.807, 2.05) is 18.7 Å². The normalized spacial score (nSPS) is 10.7. The number of hydrogen-bond acceptors (Lipinski definition) is 6. The molecule has 1 aromatic heterocycles. The van der Waals surface area contributed by atoms with Crippen LogP contribution in [0.4, 0.5) is 5.82 Å². The largest absolute Gasteiger partial charge is 0.395 e. The third-order valence-electron chi connectivity index (χ3n) is 3.00. The van der Waals surface area contributed by atoms with Crippen molar-refractivity contribution in [1.29, 1.82) is 0 Å². The Balaban J connectivity index is 3.06. The average molecular weight is 254 g/mol. The fourth-order valence-electron chi connectivity index (χ4n) is 1.79. The summed E-state index contributed by atoms with van der Waals surface area (Å²) >= 11 is 0. The number of aliphatic hydroxyl groups is 1. The van der Waals surface area contributed by atoms with Crippen LogP contribution in [-0.4, -0.2) is 48.7 Å². The standard InChI is InChI=1S/C12H22N4O2/c1-9-10(2)14-15-12(11(9)8-13)16(4-6-17)5-7-18-3/h17H,4-8,13H2,1-3H3. The lowest BCUT2D eigenvalue weighted by Gasteiger charge is -2.25. The first-order valence-electron chi connectivity index (χ1n) is 6.03. The Hall–Kier alpha value is -1.24. The Bertz CT molecular complexity index is 385. The van der Waals surface area contributed by atoms with Crippen LogP contribution in [-0.2, 0) is 11.3 Å². The van der Waals surface area contributed by atoms with Gasteiger partial charge in [0.05, 0.1) is 18.9 Å². The molecule has 1 aromatic rings. The van der Waals surface area contributed by atoms with Crippen molar-refractivity contribution in [1.82, 2.24) is 10.2 Å². The van der Waals surface area contributed by atoms with Crippen molar-refractivity contribution in [2.24, 2.45) is 5.73 Å². The van der Waals surface area contributed by atoms with Gasteiger partial charge in [-0.1, -0.05) is 0 Å². The second-order valence-corrected chi connectivity index (χ2v) is 4.12. The number of anilines is 1. The first kappa shape index (κ1) is 14.8. The van der Waals surface area contributed by atoms with Crippen LogP contribution in [0.2, 0.25) is 0 Å². The van der Waals surface area contributed by atoms with E-state index in [0.29, 0.717) is 26.2 Å². The van der Waals surface area contributed by atoms with Crippen molar-refractivity contribution >= 4 is 5.82 Å². The van der Waals surface area contributed by atoms with Crippen molar-refractivity contribution in [3.8, 4) is 0 Å². The van der Waals surface area contributed by atoms with E-state index in [9.17, 15) is 0 Å². The maximum atomic E-state index is 9.12. The topological polar surface area (TPSA) is 84.5 Å². The molecule has 102 valence electrons. The molecule has 0 aromatic carbocycles. The minimum atomic E-state index is 0.0579. The molecular weight excluding hydrogens is 232 g/mol. The summed E-state index contributed by atoms with van der Waals surface area (Å²) in [5.74, 6) is 0.742. The molecule has 0 saturated heterocycles. The zero-order chi connectivity index (χ0) is 13.5. The quantitative estimate of drug-likeness (QED) is 0.712. The monoisotopic (exact) mass is 254 g/mol. The fourth-order valence-corrected chi connectivity index (χ4v) is 1.79. The van der Waals surface area contributed by atoms with Crippen molar-refractivity contribution in [3.63, 3.8) is 0 Å². The van der Waals surface area contributed by atoms with Gasteiger partial charge in [-0.05, 0) is 19.4 Å². The van der Waals surface area contributed by atoms with Gasteiger partial charge in [-0.2, -0.15) is 5.10 Å². The van der Waals surface area contributed by atoms with Gasteiger partial charge in [0, 0.05) is 32.3 Å². The van der Waals surface area contributed by atoms with Crippen LogP contribution >= 0.6 is 0 Å². The zero-order valence-electron chi connectivity index (χ0n) is 11.3. The summed E-state index contributed by atoms with van der Waals surface area (Å²) in [5, 5.41) is 17.5. The number of aryl methyl sites for hydroxylation is 1. The van der Waals surface area contributed by atoms with Crippen LogP contribution in [0.15, 0.2) is 0 Å². The molecule has 1 rings (SSSR count). The second-order valence-electron chi connectivity index (χ2n) is 4.12. The highest BCUT2D eigenvalue weighted by Gasteiger charge is 2.15. The number of hydrogen-bond donors (Lipinski definition) is 2. The lowest BCUT2D eigenvalue weighted by Crippen LogP contribution is -2.32. The van der Waals surface area contributed by atoms with E-state index in [-0.39, 0.29) is 6.61 Å². The molecule has 0 atom stereocenters. The molecule has 0 aliphatic rings. The molecule has 0 aliphatic carbocycles. The maximum absolute atomic E-state index is 9.12. The Labute approximate surface area is 108 Å². The first-order chi connectivity index (χ1) is 8.65. The van der Waals surface area contributed by atoms with Gasteiger partial charge in [-0.25, -0.2) is 0 Å². The Morgan fingerprint density at radius 3 is 2.56 bits per heavy atom. The van der Waals surface area contributed by atoms with Crippen molar-refractivity contribution in [2.45, 2.75) is 20.4 Å². The van der Waals surface area contributed by atoms with Crippen molar-refractivity contribution in [2.75, 3.05) is 38.3 Å². The van der Waals surface area contributed by atoms with Gasteiger partial charge in [0.25, 0.3) is 0 Å². The molecule has 0 amide bonds. The predicted molar refractivity (Wildman–Crippen MR) is 70.6 cm³/mol. The van der Waals surface area contributed by atoms with E-state index in [2.05, 4.69) is 10.2 Å². The summed E-state index contributed by atoms with van der Waals surface area (Å²) in [6, 6.07) is 0. The molecule has 0 aliphatic heterocycles. The molecule has 18 heavy (non-hydrogen) atoms. The number of aliphatic hydroxyl groups excluding tert-OH is 1. The molecule has 0 radical (unpaired) electrons. The van der Waals surface area contributed by atoms with Gasteiger partial charge in [-0.15, -0.1) is 5.10 Å². The summed E-state index contributed by atoms with van der Waals surface area (Å²) in [5.41, 5.74) is 8.72. The lowest BCUT2D eigenvalue weighted by atomic mass is 10.1. The zero-order valence-corrected chi connectivity index (χ0v) is 11.3. The van der Waals surface area contributed by atoms with Crippen molar-refractivity contribution < 1.29 is 9.84 Å². The lowest BCUT2D eigenvalue weighted by molar-refractivity contribution is 0.202. The molecule has 0 saturated carbocycles. The molecule has 1 heterocycles. The van der Waals surface area contributed by atoms with E-state index in [0.717, 1.165) is 22.6 Å². The molecule has 3 N–H and O–H groups in total. The van der Waals surface area contributed by atoms with Crippen LogP contribution < -0.4 is 10.6 Å². The number of rotatable bonds is 7. The predicted octanol–water partition coefficient (Wildman–Crippen LogP) is -0.00276. The number of nitrogens with two attached hydrogens (primary N) is 1. The van der Waals surface area contributed by atoms with E-state index in [1.54, 1.807) is 7.11 Å². The third kappa shape index (κ3) is 3.38. The summed E-state index contributed by atoms with van der Waals surface area (Å²) in [7, 11) is 1.65. The number of ether oxygens (including phenoxy) is 1. The van der Waals surface area contributed by atoms with Crippen LogP contribution in [0.3, 0.4) is 0 Å². The summed E-state index contributed by atoms with van der Waals surface area (Å²) in [6.45, 7) is 6.09. The summed E-state index contributed by atoms with van der Waals surface area (Å²) < 4.78 is 5.06. The van der Waals surface area contributed by atoms with E-state index < -0.39 is 0 Å². The van der Waals surface area contributed by atoms with E-state index in [1.165, 1.54) is 0 Å². The molecule has 0 unspecified atom stereocenters. The molecular formula is C12H22N4O2. The third-order valence-corrected chi connectivity index (χ3v) is 3.00. The summed E-state index contributed by atoms with van der Waals surface area (Å²) in [4.78, 5) is 1.95. The molecule has 0 fully saturated rings. The van der Waals surface area contributed by atoms with E-state index >= 15 is 0 Å². The van der Waals surface area contributed by atoms with E-state index in [4.69, 9.17) is 15.6 Å². The molecule has 0 spiro atoms. The smallest absolute Gasteiger partial charge is 0.156 e. The Kier molecular flexibility index (Phi) is 5.97. The van der Waals surface area contributed by atoms with Gasteiger partial charge in [0.1, 0.15) is 0 Å². The number of aromatic nitrogens is 2. The number of nitrogens with zero attached hydrogens (tertiary/aromatic N) is 3. The molecule has 6 nitrogen and oxygen atoms in total. The van der Waals surface area contributed by atoms with Gasteiger partial charge in [-0.3, -0.25) is 0 Å². The molecule has 0 bridgehead atoms. The van der Waals surface area contributed by atoms with Crippen LogP contribution in [0.5, 0.6) is 0 Å². The maximum Gasteiger partial charge on any atom is 0.156 e. The van der Waals surface area contributed by atoms with Crippen LogP contribution in [0.1, 0.15) is 16.8 Å². The van der Waals surface area contributed by atoms with Gasteiger partial charge < -0.3 is 20.5 Å². The molecule has 6 heteroatoms. The van der Waals surface area contributed by atoms with Crippen molar-refractivity contribution in [3.05, 3.63) is 16.8 Å². The Morgan fingerprint density at radius 1 is 1.28 bits per heavy atom. The highest BCUT2D eigenvalue weighted by molar-refractivity contribution is 5.50. The van der Waals surface area contributed by atoms with Crippen LogP contribution in [0, 0.1) is 13.8 Å². The highest BCUT2D eigenvalue weighted by Crippen LogP contribution is 2.21. The highest BCUT2D eigenvalue weighted by atomic mass is 16.5. The Morgan fingerprint density at radius 2 is 2.00 bits per heavy atom. The second kappa shape index (κ2) is 7.25. The fraction of sp³-hybridized carbons (Fsp3) is 0.667. The van der Waals surface area contributed by atoms with Crippen LogP contribution in [0.25, 0.3) is 0 Å². The number of methoxy groups -OCH3 is 1. The minimum absolute atomic E-state index is 0.0579. The average Bonchev–Trinajstić information content (AvgIpc) is 2.37.